The van der Waals surface area contributed by atoms with Crippen LogP contribution < -0.4 is 0 Å². The van der Waals surface area contributed by atoms with Gasteiger partial charge in [-0.05, 0) is 125 Å². The van der Waals surface area contributed by atoms with E-state index >= 15 is 0 Å². The van der Waals surface area contributed by atoms with E-state index in [9.17, 15) is 0 Å². The Balaban J connectivity index is 1.19. The van der Waals surface area contributed by atoms with Crippen LogP contribution in [0.2, 0.25) is 0 Å². The van der Waals surface area contributed by atoms with Crippen LogP contribution in [0.25, 0.3) is 55.3 Å². The van der Waals surface area contributed by atoms with Crippen LogP contribution in [0.5, 0.6) is 0 Å². The van der Waals surface area contributed by atoms with Crippen LogP contribution in [-0.4, -0.2) is 0 Å². The number of hydrogen-bond donors (Lipinski definition) is 0. The van der Waals surface area contributed by atoms with E-state index in [1.54, 1.807) is 0 Å². The van der Waals surface area contributed by atoms with Crippen molar-refractivity contribution in [3.05, 3.63) is 177 Å². The highest BCUT2D eigenvalue weighted by atomic mass is 79.9. The van der Waals surface area contributed by atoms with Gasteiger partial charge in [0.1, 0.15) is 0 Å². The van der Waals surface area contributed by atoms with Crippen molar-refractivity contribution in [1.82, 2.24) is 0 Å². The molecule has 1 heteroatoms. The predicted octanol–water partition coefficient (Wildman–Crippen LogP) is 11.9. The molecule has 0 atom stereocenters. The normalized spacial score (nSPS) is 15.4. The highest BCUT2D eigenvalue weighted by Gasteiger charge is 2.51. The van der Waals surface area contributed by atoms with Gasteiger partial charge in [0.15, 0.2) is 0 Å². The molecule has 0 amide bonds. The molecule has 10 rings (SSSR count). The molecule has 45 heavy (non-hydrogen) atoms. The molecular weight excluding hydrogens is 608 g/mol. The zero-order valence-corrected chi connectivity index (χ0v) is 26.7. The lowest BCUT2D eigenvalue weighted by molar-refractivity contribution is 0.660. The molecular formula is C44H29Br. The van der Waals surface area contributed by atoms with E-state index in [2.05, 4.69) is 169 Å². The Bertz CT molecular complexity index is 2380. The molecule has 0 saturated carbocycles. The molecule has 0 bridgehead atoms. The SMILES string of the molecule is CC1(C)c2cc(Br)ccc2-c2ccc(-c3ccc4cc5c(cc4c3)C3(c4ccccc4-c4ccccc43)c3ccccc3-5)cc21. The minimum absolute atomic E-state index is 0.0520. The maximum absolute atomic E-state index is 3.71. The van der Waals surface area contributed by atoms with Crippen LogP contribution in [0.15, 0.2) is 144 Å². The van der Waals surface area contributed by atoms with Crippen molar-refractivity contribution in [3.63, 3.8) is 0 Å². The summed E-state index contributed by atoms with van der Waals surface area (Å²) in [6.45, 7) is 4.71. The highest BCUT2D eigenvalue weighted by Crippen LogP contribution is 2.63. The number of rotatable bonds is 1. The molecule has 0 fully saturated rings. The second-order valence-electron chi connectivity index (χ2n) is 13.4. The summed E-state index contributed by atoms with van der Waals surface area (Å²) in [6.07, 6.45) is 0. The van der Waals surface area contributed by atoms with E-state index < -0.39 is 0 Å². The summed E-state index contributed by atoms with van der Waals surface area (Å²) in [5, 5.41) is 2.56. The van der Waals surface area contributed by atoms with Gasteiger partial charge in [-0.1, -0.05) is 133 Å². The van der Waals surface area contributed by atoms with Gasteiger partial charge < -0.3 is 0 Å². The highest BCUT2D eigenvalue weighted by molar-refractivity contribution is 9.10. The van der Waals surface area contributed by atoms with Crippen LogP contribution in [-0.2, 0) is 10.8 Å². The number of benzene rings is 7. The van der Waals surface area contributed by atoms with Gasteiger partial charge >= 0.3 is 0 Å². The van der Waals surface area contributed by atoms with Crippen molar-refractivity contribution >= 4 is 26.7 Å². The van der Waals surface area contributed by atoms with Crippen molar-refractivity contribution in [2.24, 2.45) is 0 Å². The van der Waals surface area contributed by atoms with Crippen LogP contribution in [0.3, 0.4) is 0 Å². The zero-order chi connectivity index (χ0) is 30.1. The van der Waals surface area contributed by atoms with E-state index in [1.807, 2.05) is 0 Å². The summed E-state index contributed by atoms with van der Waals surface area (Å²) in [4.78, 5) is 0. The summed E-state index contributed by atoms with van der Waals surface area (Å²) in [6, 6.07) is 52.9. The van der Waals surface area contributed by atoms with Crippen LogP contribution in [0, 0.1) is 0 Å². The molecule has 0 unspecified atom stereocenters. The third-order valence-electron chi connectivity index (χ3n) is 10.9. The second kappa shape index (κ2) is 8.71. The third-order valence-corrected chi connectivity index (χ3v) is 11.4. The molecule has 7 aromatic rings. The zero-order valence-electron chi connectivity index (χ0n) is 25.2. The Labute approximate surface area is 272 Å². The van der Waals surface area contributed by atoms with Crippen molar-refractivity contribution in [2.75, 3.05) is 0 Å². The Morgan fingerprint density at radius 2 is 0.889 bits per heavy atom. The average Bonchev–Trinajstić information content (AvgIpc) is 3.62. The molecule has 1 spiro atoms. The predicted molar refractivity (Wildman–Crippen MR) is 191 cm³/mol. The fourth-order valence-corrected chi connectivity index (χ4v) is 9.27. The van der Waals surface area contributed by atoms with E-state index in [0.29, 0.717) is 0 Å². The molecule has 0 N–H and O–H groups in total. The minimum atomic E-state index is -0.318. The first-order valence-electron chi connectivity index (χ1n) is 15.8. The number of halogens is 1. The molecule has 3 aliphatic rings. The molecule has 212 valence electrons. The lowest BCUT2D eigenvalue weighted by Crippen LogP contribution is -2.25. The van der Waals surface area contributed by atoms with Gasteiger partial charge in [0, 0.05) is 9.89 Å². The summed E-state index contributed by atoms with van der Waals surface area (Å²) >= 11 is 3.71. The maximum atomic E-state index is 3.71. The summed E-state index contributed by atoms with van der Waals surface area (Å²) in [5.74, 6) is 0. The van der Waals surface area contributed by atoms with Crippen molar-refractivity contribution in [3.8, 4) is 44.5 Å². The molecule has 0 saturated heterocycles. The van der Waals surface area contributed by atoms with Gasteiger partial charge in [-0.2, -0.15) is 0 Å². The minimum Gasteiger partial charge on any atom is -0.0619 e. The Morgan fingerprint density at radius 3 is 1.56 bits per heavy atom. The van der Waals surface area contributed by atoms with Crippen molar-refractivity contribution in [2.45, 2.75) is 24.7 Å². The van der Waals surface area contributed by atoms with Gasteiger partial charge in [-0.25, -0.2) is 0 Å². The van der Waals surface area contributed by atoms with Crippen molar-refractivity contribution in [1.29, 1.82) is 0 Å². The van der Waals surface area contributed by atoms with Gasteiger partial charge in [0.25, 0.3) is 0 Å². The third kappa shape index (κ3) is 3.17. The molecule has 0 heterocycles. The monoisotopic (exact) mass is 636 g/mol. The number of hydrogen-bond acceptors (Lipinski definition) is 0. The van der Waals surface area contributed by atoms with Crippen LogP contribution in [0.1, 0.15) is 47.2 Å². The lowest BCUT2D eigenvalue weighted by Gasteiger charge is -2.30. The average molecular weight is 638 g/mol. The molecule has 0 aliphatic heterocycles. The van der Waals surface area contributed by atoms with Crippen molar-refractivity contribution < 1.29 is 0 Å². The van der Waals surface area contributed by atoms with E-state index in [1.165, 1.54) is 88.7 Å². The molecule has 7 aromatic carbocycles. The maximum Gasteiger partial charge on any atom is 0.0725 e. The topological polar surface area (TPSA) is 0 Å². The van der Waals surface area contributed by atoms with Gasteiger partial charge in [0.05, 0.1) is 5.41 Å². The van der Waals surface area contributed by atoms with Crippen LogP contribution in [0.4, 0.5) is 0 Å². The first-order chi connectivity index (χ1) is 22.0. The Morgan fingerprint density at radius 1 is 0.378 bits per heavy atom. The fraction of sp³-hybridized carbons (Fsp3) is 0.0909. The quantitative estimate of drug-likeness (QED) is 0.168. The second-order valence-corrected chi connectivity index (χ2v) is 14.3. The Hall–Kier alpha value is -4.72. The standard InChI is InChI=1S/C44H29Br/c1-43(2)40-23-28(17-19-34(40)35-20-18-30(45)25-41(35)43)26-15-16-27-22-36-33-11-5-8-14-39(33)44(42(36)24-29(27)21-26)37-12-6-3-9-31(37)32-10-4-7-13-38(32)44/h3-25H,1-2H3. The summed E-state index contributed by atoms with van der Waals surface area (Å²) in [5.41, 5.74) is 18.6. The number of fused-ring (bicyclic) bond motifs is 14. The molecule has 0 aromatic heterocycles. The largest absolute Gasteiger partial charge is 0.0725 e. The van der Waals surface area contributed by atoms with E-state index in [4.69, 9.17) is 0 Å². The first kappa shape index (κ1) is 25.6. The fourth-order valence-electron chi connectivity index (χ4n) is 8.91. The first-order valence-corrected chi connectivity index (χ1v) is 16.6. The Kier molecular flexibility index (Phi) is 4.95. The van der Waals surface area contributed by atoms with Gasteiger partial charge in [0.2, 0.25) is 0 Å². The molecule has 0 radical (unpaired) electrons. The van der Waals surface area contributed by atoms with Crippen LogP contribution >= 0.6 is 15.9 Å². The molecule has 3 aliphatic carbocycles. The van der Waals surface area contributed by atoms with E-state index in [0.717, 1.165) is 4.47 Å². The lowest BCUT2D eigenvalue weighted by atomic mass is 9.70. The molecule has 0 nitrogen and oxygen atoms in total. The summed E-state index contributed by atoms with van der Waals surface area (Å²) in [7, 11) is 0. The van der Waals surface area contributed by atoms with Gasteiger partial charge in [-0.15, -0.1) is 0 Å². The van der Waals surface area contributed by atoms with Gasteiger partial charge in [-0.3, -0.25) is 0 Å². The summed E-state index contributed by atoms with van der Waals surface area (Å²) < 4.78 is 1.14. The smallest absolute Gasteiger partial charge is 0.0619 e. The van der Waals surface area contributed by atoms with E-state index in [-0.39, 0.29) is 10.8 Å².